The zero-order valence-corrected chi connectivity index (χ0v) is 11.4. The largest absolute Gasteiger partial charge is 0.362 e. The third-order valence-electron chi connectivity index (χ3n) is 3.71. The average Bonchev–Trinajstić information content (AvgIpc) is 2.32. The Kier molecular flexibility index (Phi) is 3.88. The van der Waals surface area contributed by atoms with Crippen LogP contribution in [0.25, 0.3) is 0 Å². The van der Waals surface area contributed by atoms with Gasteiger partial charge in [-0.05, 0) is 31.9 Å². The highest BCUT2D eigenvalue weighted by molar-refractivity contribution is 5.60. The number of nitriles is 1. The summed E-state index contributed by atoms with van der Waals surface area (Å²) in [5.41, 5.74) is 3.91. The molecule has 1 aromatic rings. The third-order valence-corrected chi connectivity index (χ3v) is 3.71. The number of rotatable bonds is 2. The number of anilines is 1. The van der Waals surface area contributed by atoms with Gasteiger partial charge in [0.1, 0.15) is 0 Å². The van der Waals surface area contributed by atoms with Crippen molar-refractivity contribution < 1.29 is 0 Å². The minimum Gasteiger partial charge on any atom is -0.362 e. The molecule has 18 heavy (non-hydrogen) atoms. The number of aryl methyl sites for hydroxylation is 2. The molecule has 3 nitrogen and oxygen atoms in total. The lowest BCUT2D eigenvalue weighted by Gasteiger charge is -2.43. The van der Waals surface area contributed by atoms with Crippen molar-refractivity contribution in [2.45, 2.75) is 39.3 Å². The first-order chi connectivity index (χ1) is 8.65. The fraction of sp³-hybridized carbons (Fsp3) is 0.533. The highest BCUT2D eigenvalue weighted by atomic mass is 15.3. The monoisotopic (exact) mass is 243 g/mol. The highest BCUT2D eigenvalue weighted by Gasteiger charge is 2.29. The smallest absolute Gasteiger partial charge is 0.0643 e. The Morgan fingerprint density at radius 3 is 2.61 bits per heavy atom. The van der Waals surface area contributed by atoms with Gasteiger partial charge in [0.25, 0.3) is 0 Å². The quantitative estimate of drug-likeness (QED) is 0.867. The minimum atomic E-state index is 0.276. The molecule has 0 amide bonds. The summed E-state index contributed by atoms with van der Waals surface area (Å²) < 4.78 is 0. The van der Waals surface area contributed by atoms with Crippen molar-refractivity contribution in [3.8, 4) is 6.07 Å². The molecule has 2 rings (SSSR count). The van der Waals surface area contributed by atoms with Gasteiger partial charge in [-0.15, -0.1) is 0 Å². The van der Waals surface area contributed by atoms with Crippen LogP contribution in [0.5, 0.6) is 0 Å². The molecule has 0 saturated carbocycles. The molecule has 1 heterocycles. The van der Waals surface area contributed by atoms with E-state index in [9.17, 15) is 0 Å². The molecule has 0 aromatic heterocycles. The van der Waals surface area contributed by atoms with E-state index in [4.69, 9.17) is 5.26 Å². The molecule has 1 fully saturated rings. The van der Waals surface area contributed by atoms with E-state index in [0.29, 0.717) is 12.5 Å². The van der Waals surface area contributed by atoms with Gasteiger partial charge in [-0.3, -0.25) is 0 Å². The first kappa shape index (κ1) is 12.9. The van der Waals surface area contributed by atoms with Crippen molar-refractivity contribution >= 4 is 5.69 Å². The van der Waals surface area contributed by atoms with E-state index in [1.54, 1.807) is 0 Å². The highest BCUT2D eigenvalue weighted by Crippen LogP contribution is 2.30. The lowest BCUT2D eigenvalue weighted by atomic mass is 10.00. The number of piperazine rings is 1. The molecule has 2 unspecified atom stereocenters. The van der Waals surface area contributed by atoms with E-state index in [2.05, 4.69) is 55.3 Å². The molecule has 1 N–H and O–H groups in total. The zero-order chi connectivity index (χ0) is 13.1. The van der Waals surface area contributed by atoms with Gasteiger partial charge in [-0.25, -0.2) is 0 Å². The average molecular weight is 243 g/mol. The second-order valence-electron chi connectivity index (χ2n) is 5.17. The maximum absolute atomic E-state index is 9.00. The number of hydrogen-bond acceptors (Lipinski definition) is 3. The van der Waals surface area contributed by atoms with Crippen LogP contribution in [0.15, 0.2) is 18.2 Å². The second-order valence-corrected chi connectivity index (χ2v) is 5.17. The van der Waals surface area contributed by atoms with Crippen molar-refractivity contribution in [1.29, 1.82) is 5.26 Å². The SMILES string of the molecule is Cc1cccc(C)c1N1C(C)CNCC1CC#N. The number of hydrogen-bond donors (Lipinski definition) is 1. The summed E-state index contributed by atoms with van der Waals surface area (Å²) in [6, 6.07) is 9.42. The van der Waals surface area contributed by atoms with Crippen LogP contribution in [-0.4, -0.2) is 25.2 Å². The van der Waals surface area contributed by atoms with E-state index < -0.39 is 0 Å². The van der Waals surface area contributed by atoms with E-state index in [1.165, 1.54) is 16.8 Å². The van der Waals surface area contributed by atoms with Gasteiger partial charge in [-0.1, -0.05) is 18.2 Å². The van der Waals surface area contributed by atoms with Crippen molar-refractivity contribution in [3.05, 3.63) is 29.3 Å². The van der Waals surface area contributed by atoms with Crippen LogP contribution in [-0.2, 0) is 0 Å². The molecule has 0 spiro atoms. The molecule has 1 aromatic carbocycles. The summed E-state index contributed by atoms with van der Waals surface area (Å²) in [4.78, 5) is 2.43. The molecule has 0 aliphatic carbocycles. The van der Waals surface area contributed by atoms with Gasteiger partial charge in [0.05, 0.1) is 18.5 Å². The molecule has 1 aliphatic heterocycles. The summed E-state index contributed by atoms with van der Waals surface area (Å²) in [7, 11) is 0. The Bertz CT molecular complexity index is 441. The minimum absolute atomic E-state index is 0.276. The lowest BCUT2D eigenvalue weighted by molar-refractivity contribution is 0.416. The number of nitrogens with zero attached hydrogens (tertiary/aromatic N) is 2. The molecule has 1 saturated heterocycles. The number of para-hydroxylation sites is 1. The van der Waals surface area contributed by atoms with Crippen LogP contribution in [0.1, 0.15) is 24.5 Å². The van der Waals surface area contributed by atoms with Gasteiger partial charge < -0.3 is 10.2 Å². The van der Waals surface area contributed by atoms with Crippen molar-refractivity contribution in [2.24, 2.45) is 0 Å². The Labute approximate surface area is 109 Å². The standard InChI is InChI=1S/C15H21N3/c1-11-5-4-6-12(2)15(11)18-13(3)9-17-10-14(18)7-8-16/h4-6,13-14,17H,7,9-10H2,1-3H3. The van der Waals surface area contributed by atoms with Gasteiger partial charge in [0.15, 0.2) is 0 Å². The van der Waals surface area contributed by atoms with E-state index in [1.807, 2.05) is 0 Å². The van der Waals surface area contributed by atoms with Crippen molar-refractivity contribution in [2.75, 3.05) is 18.0 Å². The fourth-order valence-corrected chi connectivity index (χ4v) is 2.91. The predicted molar refractivity (Wildman–Crippen MR) is 74.7 cm³/mol. The van der Waals surface area contributed by atoms with Gasteiger partial charge in [0.2, 0.25) is 0 Å². The molecular formula is C15H21N3. The van der Waals surface area contributed by atoms with Crippen LogP contribution in [0, 0.1) is 25.2 Å². The molecule has 2 atom stereocenters. The Hall–Kier alpha value is -1.53. The van der Waals surface area contributed by atoms with Crippen LogP contribution in [0.4, 0.5) is 5.69 Å². The predicted octanol–water partition coefficient (Wildman–Crippen LogP) is 2.38. The molecular weight excluding hydrogens is 222 g/mol. The Balaban J connectivity index is 2.41. The van der Waals surface area contributed by atoms with E-state index in [-0.39, 0.29) is 6.04 Å². The summed E-state index contributed by atoms with van der Waals surface area (Å²) >= 11 is 0. The number of benzene rings is 1. The summed E-state index contributed by atoms with van der Waals surface area (Å²) in [5.74, 6) is 0. The maximum Gasteiger partial charge on any atom is 0.0643 e. The third kappa shape index (κ3) is 2.34. The second kappa shape index (κ2) is 5.41. The summed E-state index contributed by atoms with van der Waals surface area (Å²) in [5, 5.41) is 12.4. The topological polar surface area (TPSA) is 39.1 Å². The van der Waals surface area contributed by atoms with Crippen LogP contribution >= 0.6 is 0 Å². The van der Waals surface area contributed by atoms with Crippen molar-refractivity contribution in [1.82, 2.24) is 5.32 Å². The Morgan fingerprint density at radius 1 is 1.33 bits per heavy atom. The van der Waals surface area contributed by atoms with Crippen LogP contribution in [0.3, 0.4) is 0 Å². The maximum atomic E-state index is 9.00. The molecule has 96 valence electrons. The van der Waals surface area contributed by atoms with Gasteiger partial charge in [0, 0.05) is 24.8 Å². The van der Waals surface area contributed by atoms with Crippen molar-refractivity contribution in [3.63, 3.8) is 0 Å². The Morgan fingerprint density at radius 2 is 2.00 bits per heavy atom. The molecule has 1 aliphatic rings. The fourth-order valence-electron chi connectivity index (χ4n) is 2.91. The van der Waals surface area contributed by atoms with Gasteiger partial charge in [-0.2, -0.15) is 5.26 Å². The lowest BCUT2D eigenvalue weighted by Crippen LogP contribution is -2.56. The van der Waals surface area contributed by atoms with E-state index >= 15 is 0 Å². The summed E-state index contributed by atoms with van der Waals surface area (Å²) in [6.45, 7) is 8.41. The number of nitrogens with one attached hydrogen (secondary N) is 1. The summed E-state index contributed by atoms with van der Waals surface area (Å²) in [6.07, 6.45) is 0.575. The van der Waals surface area contributed by atoms with Gasteiger partial charge >= 0.3 is 0 Å². The van der Waals surface area contributed by atoms with Crippen LogP contribution < -0.4 is 10.2 Å². The van der Waals surface area contributed by atoms with Crippen LogP contribution in [0.2, 0.25) is 0 Å². The molecule has 0 bridgehead atoms. The first-order valence-corrected chi connectivity index (χ1v) is 6.57. The molecule has 0 radical (unpaired) electrons. The normalized spacial score (nSPS) is 23.8. The van der Waals surface area contributed by atoms with E-state index in [0.717, 1.165) is 13.1 Å². The first-order valence-electron chi connectivity index (χ1n) is 6.57. The molecule has 3 heteroatoms. The zero-order valence-electron chi connectivity index (χ0n) is 11.4.